The van der Waals surface area contributed by atoms with Crippen LogP contribution in [-0.2, 0) is 4.79 Å². The standard InChI is InChI=1S/C19H28N2O/c1-14-11-15(12-20)13-21(14)19(22)18-9-7-17(8-10-18)16-5-3-2-4-6-16/h2-6,14-15,17-18H,7-13,20H2,1H3. The van der Waals surface area contributed by atoms with Crippen molar-refractivity contribution in [3.05, 3.63) is 35.9 Å². The summed E-state index contributed by atoms with van der Waals surface area (Å²) in [4.78, 5) is 14.9. The van der Waals surface area contributed by atoms with Crippen LogP contribution in [-0.4, -0.2) is 29.9 Å². The van der Waals surface area contributed by atoms with E-state index in [2.05, 4.69) is 42.2 Å². The van der Waals surface area contributed by atoms with Crippen LogP contribution in [0.1, 0.15) is 50.5 Å². The third-order valence-electron chi connectivity index (χ3n) is 5.63. The first-order valence-electron chi connectivity index (χ1n) is 8.74. The zero-order chi connectivity index (χ0) is 15.5. The first kappa shape index (κ1) is 15.5. The maximum atomic E-state index is 12.8. The number of carbonyl (C=O) groups is 1. The highest BCUT2D eigenvalue weighted by atomic mass is 16.2. The molecule has 2 unspecified atom stereocenters. The summed E-state index contributed by atoms with van der Waals surface area (Å²) in [6.45, 7) is 3.74. The summed E-state index contributed by atoms with van der Waals surface area (Å²) >= 11 is 0. The van der Waals surface area contributed by atoms with Crippen molar-refractivity contribution in [1.29, 1.82) is 0 Å². The minimum absolute atomic E-state index is 0.235. The van der Waals surface area contributed by atoms with Crippen molar-refractivity contribution in [3.63, 3.8) is 0 Å². The molecule has 1 aromatic rings. The van der Waals surface area contributed by atoms with E-state index < -0.39 is 0 Å². The van der Waals surface area contributed by atoms with Crippen LogP contribution in [0.25, 0.3) is 0 Å². The van der Waals surface area contributed by atoms with Crippen LogP contribution in [0.15, 0.2) is 30.3 Å². The molecule has 3 nitrogen and oxygen atoms in total. The van der Waals surface area contributed by atoms with Gasteiger partial charge in [-0.1, -0.05) is 30.3 Å². The molecular weight excluding hydrogens is 272 g/mol. The Balaban J connectivity index is 1.56. The molecule has 1 amide bonds. The Morgan fingerprint density at radius 3 is 2.45 bits per heavy atom. The normalized spacial score (nSPS) is 32.2. The molecule has 120 valence electrons. The second-order valence-corrected chi connectivity index (χ2v) is 7.14. The van der Waals surface area contributed by atoms with E-state index in [9.17, 15) is 4.79 Å². The van der Waals surface area contributed by atoms with Crippen LogP contribution in [0.4, 0.5) is 0 Å². The highest BCUT2D eigenvalue weighted by molar-refractivity contribution is 5.79. The van der Waals surface area contributed by atoms with Crippen LogP contribution in [0, 0.1) is 11.8 Å². The number of likely N-dealkylation sites (tertiary alicyclic amines) is 1. The zero-order valence-electron chi connectivity index (χ0n) is 13.6. The fourth-order valence-electron chi connectivity index (χ4n) is 4.25. The summed E-state index contributed by atoms with van der Waals surface area (Å²) in [6, 6.07) is 11.1. The third-order valence-corrected chi connectivity index (χ3v) is 5.63. The van der Waals surface area contributed by atoms with Crippen molar-refractivity contribution in [2.75, 3.05) is 13.1 Å². The van der Waals surface area contributed by atoms with Gasteiger partial charge in [0.05, 0.1) is 0 Å². The van der Waals surface area contributed by atoms with Gasteiger partial charge in [-0.15, -0.1) is 0 Å². The lowest BCUT2D eigenvalue weighted by Crippen LogP contribution is -2.40. The smallest absolute Gasteiger partial charge is 0.225 e. The molecule has 0 aromatic heterocycles. The highest BCUT2D eigenvalue weighted by Gasteiger charge is 2.36. The Kier molecular flexibility index (Phi) is 4.82. The van der Waals surface area contributed by atoms with E-state index in [1.807, 2.05) is 0 Å². The largest absolute Gasteiger partial charge is 0.339 e. The van der Waals surface area contributed by atoms with Crippen LogP contribution in [0.5, 0.6) is 0 Å². The number of nitrogens with zero attached hydrogens (tertiary/aromatic N) is 1. The monoisotopic (exact) mass is 300 g/mol. The first-order chi connectivity index (χ1) is 10.7. The molecular formula is C19H28N2O. The molecule has 2 aliphatic rings. The Hall–Kier alpha value is -1.35. The van der Waals surface area contributed by atoms with Crippen LogP contribution in [0.3, 0.4) is 0 Å². The molecule has 2 atom stereocenters. The average Bonchev–Trinajstić information content (AvgIpc) is 2.96. The molecule has 1 aliphatic carbocycles. The predicted octanol–water partition coefficient (Wildman–Crippen LogP) is 3.16. The molecule has 22 heavy (non-hydrogen) atoms. The molecule has 1 aliphatic heterocycles. The SMILES string of the molecule is CC1CC(CN)CN1C(=O)C1CCC(c2ccccc2)CC1. The number of hydrogen-bond donors (Lipinski definition) is 1. The molecule has 2 N–H and O–H groups in total. The molecule has 1 aromatic carbocycles. The van der Waals surface area contributed by atoms with Gasteiger partial charge in [0.1, 0.15) is 0 Å². The number of amides is 1. The van der Waals surface area contributed by atoms with Gasteiger partial charge >= 0.3 is 0 Å². The summed E-state index contributed by atoms with van der Waals surface area (Å²) in [6.07, 6.45) is 5.43. The predicted molar refractivity (Wildman–Crippen MR) is 89.5 cm³/mol. The van der Waals surface area contributed by atoms with E-state index in [4.69, 9.17) is 5.73 Å². The molecule has 3 heteroatoms. The Labute approximate surface area is 133 Å². The maximum absolute atomic E-state index is 12.8. The van der Waals surface area contributed by atoms with Crippen molar-refractivity contribution in [3.8, 4) is 0 Å². The van der Waals surface area contributed by atoms with E-state index in [1.54, 1.807) is 0 Å². The average molecular weight is 300 g/mol. The van der Waals surface area contributed by atoms with Gasteiger partial charge in [-0.3, -0.25) is 4.79 Å². The van der Waals surface area contributed by atoms with Crippen molar-refractivity contribution < 1.29 is 4.79 Å². The Morgan fingerprint density at radius 2 is 1.86 bits per heavy atom. The van der Waals surface area contributed by atoms with Gasteiger partial charge in [0.15, 0.2) is 0 Å². The first-order valence-corrected chi connectivity index (χ1v) is 8.74. The second kappa shape index (κ2) is 6.82. The van der Waals surface area contributed by atoms with Crippen molar-refractivity contribution in [2.24, 2.45) is 17.6 Å². The van der Waals surface area contributed by atoms with E-state index in [0.717, 1.165) is 38.6 Å². The summed E-state index contributed by atoms with van der Waals surface area (Å²) in [7, 11) is 0. The van der Waals surface area contributed by atoms with Crippen molar-refractivity contribution in [2.45, 2.75) is 51.0 Å². The van der Waals surface area contributed by atoms with Crippen LogP contribution >= 0.6 is 0 Å². The Morgan fingerprint density at radius 1 is 1.18 bits per heavy atom. The fraction of sp³-hybridized carbons (Fsp3) is 0.632. The van der Waals surface area contributed by atoms with Gasteiger partial charge in [0.25, 0.3) is 0 Å². The number of benzene rings is 1. The molecule has 0 radical (unpaired) electrons. The lowest BCUT2D eigenvalue weighted by molar-refractivity contribution is -0.137. The van der Waals surface area contributed by atoms with Gasteiger partial charge in [-0.2, -0.15) is 0 Å². The van der Waals surface area contributed by atoms with Gasteiger partial charge < -0.3 is 10.6 Å². The van der Waals surface area contributed by atoms with Crippen LogP contribution < -0.4 is 5.73 Å². The van der Waals surface area contributed by atoms with E-state index in [-0.39, 0.29) is 5.92 Å². The maximum Gasteiger partial charge on any atom is 0.225 e. The molecule has 0 bridgehead atoms. The molecule has 2 fully saturated rings. The molecule has 1 saturated heterocycles. The lowest BCUT2D eigenvalue weighted by Gasteiger charge is -2.32. The number of rotatable bonds is 3. The molecule has 3 rings (SSSR count). The summed E-state index contributed by atoms with van der Waals surface area (Å²) in [5.41, 5.74) is 7.22. The van der Waals surface area contributed by atoms with E-state index >= 15 is 0 Å². The highest BCUT2D eigenvalue weighted by Crippen LogP contribution is 2.37. The second-order valence-electron chi connectivity index (χ2n) is 7.14. The number of carbonyl (C=O) groups excluding carboxylic acids is 1. The van der Waals surface area contributed by atoms with Gasteiger partial charge in [0, 0.05) is 18.5 Å². The Bertz CT molecular complexity index is 493. The lowest BCUT2D eigenvalue weighted by atomic mass is 9.78. The van der Waals surface area contributed by atoms with E-state index in [0.29, 0.717) is 30.3 Å². The van der Waals surface area contributed by atoms with Crippen LogP contribution in [0.2, 0.25) is 0 Å². The van der Waals surface area contributed by atoms with E-state index in [1.165, 1.54) is 5.56 Å². The summed E-state index contributed by atoms with van der Waals surface area (Å²) in [5, 5.41) is 0. The summed E-state index contributed by atoms with van der Waals surface area (Å²) < 4.78 is 0. The molecule has 1 saturated carbocycles. The molecule has 1 heterocycles. The number of hydrogen-bond acceptors (Lipinski definition) is 2. The minimum Gasteiger partial charge on any atom is -0.339 e. The van der Waals surface area contributed by atoms with Crippen molar-refractivity contribution >= 4 is 5.91 Å². The minimum atomic E-state index is 0.235. The summed E-state index contributed by atoms with van der Waals surface area (Å²) in [5.74, 6) is 1.76. The topological polar surface area (TPSA) is 46.3 Å². The van der Waals surface area contributed by atoms with Crippen molar-refractivity contribution in [1.82, 2.24) is 4.90 Å². The van der Waals surface area contributed by atoms with Gasteiger partial charge in [-0.25, -0.2) is 0 Å². The molecule has 0 spiro atoms. The zero-order valence-corrected chi connectivity index (χ0v) is 13.6. The fourth-order valence-corrected chi connectivity index (χ4v) is 4.25. The quantitative estimate of drug-likeness (QED) is 0.932. The number of nitrogens with two attached hydrogens (primary N) is 1. The van der Waals surface area contributed by atoms with Gasteiger partial charge in [0.2, 0.25) is 5.91 Å². The van der Waals surface area contributed by atoms with Gasteiger partial charge in [-0.05, 0) is 63.0 Å². The third kappa shape index (κ3) is 3.19.